The maximum Gasteiger partial charge on any atom is 0.171 e. The van der Waals surface area contributed by atoms with Crippen LogP contribution in [0.3, 0.4) is 0 Å². The molecule has 1 aliphatic rings. The van der Waals surface area contributed by atoms with E-state index in [1.54, 1.807) is 11.8 Å². The lowest BCUT2D eigenvalue weighted by Gasteiger charge is -2.26. The molecule has 1 unspecified atom stereocenters. The molecule has 2 heteroatoms. The molecule has 2 aromatic carbocycles. The van der Waals surface area contributed by atoms with Gasteiger partial charge in [-0.05, 0) is 29.7 Å². The van der Waals surface area contributed by atoms with Gasteiger partial charge in [0.1, 0.15) is 0 Å². The van der Waals surface area contributed by atoms with Gasteiger partial charge in [-0.25, -0.2) is 0 Å². The topological polar surface area (TPSA) is 17.1 Å². The quantitative estimate of drug-likeness (QED) is 0.747. The first-order chi connectivity index (χ1) is 9.66. The van der Waals surface area contributed by atoms with Gasteiger partial charge in [0, 0.05) is 16.2 Å². The van der Waals surface area contributed by atoms with Crippen LogP contribution in [-0.2, 0) is 0 Å². The molecule has 0 N–H and O–H groups in total. The minimum absolute atomic E-state index is 0.113. The van der Waals surface area contributed by atoms with Crippen LogP contribution in [0.5, 0.6) is 0 Å². The van der Waals surface area contributed by atoms with Crippen molar-refractivity contribution in [2.75, 3.05) is 5.75 Å². The molecule has 3 rings (SSSR count). The molecule has 2 aromatic rings. The van der Waals surface area contributed by atoms with Crippen molar-refractivity contribution in [2.45, 2.75) is 11.8 Å². The van der Waals surface area contributed by atoms with Crippen LogP contribution in [0, 0.1) is 12.8 Å². The average Bonchev–Trinajstić information content (AvgIpc) is 2.48. The molecule has 20 heavy (non-hydrogen) atoms. The van der Waals surface area contributed by atoms with E-state index in [4.69, 9.17) is 0 Å². The molecular weight excluding hydrogens is 264 g/mol. The zero-order valence-electron chi connectivity index (χ0n) is 11.4. The van der Waals surface area contributed by atoms with Crippen LogP contribution in [0.2, 0.25) is 0 Å². The number of carbonyl (C=O) groups excluding carboxylic acids is 1. The lowest BCUT2D eigenvalue weighted by molar-refractivity contribution is 0.0959. The number of thioether (sulfide) groups is 1. The van der Waals surface area contributed by atoms with Crippen LogP contribution >= 0.6 is 11.8 Å². The molecule has 0 radical (unpaired) electrons. The number of Topliss-reactive ketones (excluding diaryl/α,β-unsaturated/α-hetero) is 1. The Kier molecular flexibility index (Phi) is 3.49. The van der Waals surface area contributed by atoms with Crippen molar-refractivity contribution in [3.8, 4) is 0 Å². The molecule has 0 aromatic heterocycles. The van der Waals surface area contributed by atoms with Gasteiger partial charge in [0.15, 0.2) is 5.78 Å². The van der Waals surface area contributed by atoms with Crippen molar-refractivity contribution in [1.29, 1.82) is 0 Å². The molecule has 1 nitrogen and oxygen atoms in total. The SMILES string of the molecule is C=C1c2ccc(C)cc2SCC1C(=O)c1ccccc1. The van der Waals surface area contributed by atoms with E-state index >= 15 is 0 Å². The van der Waals surface area contributed by atoms with Gasteiger partial charge in [0.25, 0.3) is 0 Å². The summed E-state index contributed by atoms with van der Waals surface area (Å²) in [6, 6.07) is 15.8. The fourth-order valence-electron chi connectivity index (χ4n) is 2.51. The Morgan fingerprint density at radius 1 is 1.20 bits per heavy atom. The predicted molar refractivity (Wildman–Crippen MR) is 85.2 cm³/mol. The third-order valence-corrected chi connectivity index (χ3v) is 4.83. The van der Waals surface area contributed by atoms with Crippen molar-refractivity contribution in [2.24, 2.45) is 5.92 Å². The summed E-state index contributed by atoms with van der Waals surface area (Å²) in [4.78, 5) is 13.9. The molecule has 0 saturated carbocycles. The molecule has 0 spiro atoms. The van der Waals surface area contributed by atoms with E-state index < -0.39 is 0 Å². The number of hydrogen-bond donors (Lipinski definition) is 0. The van der Waals surface area contributed by atoms with Gasteiger partial charge in [-0.1, -0.05) is 49.0 Å². The fourth-order valence-corrected chi connectivity index (χ4v) is 3.84. The molecule has 1 aliphatic heterocycles. The normalized spacial score (nSPS) is 17.6. The summed E-state index contributed by atoms with van der Waals surface area (Å²) >= 11 is 1.76. The highest BCUT2D eigenvalue weighted by Gasteiger charge is 2.29. The van der Waals surface area contributed by atoms with Gasteiger partial charge < -0.3 is 0 Å². The first-order valence-electron chi connectivity index (χ1n) is 6.68. The minimum atomic E-state index is -0.113. The maximum atomic E-state index is 12.6. The third kappa shape index (κ3) is 2.32. The number of carbonyl (C=O) groups is 1. The van der Waals surface area contributed by atoms with E-state index in [9.17, 15) is 4.79 Å². The van der Waals surface area contributed by atoms with E-state index in [2.05, 4.69) is 31.7 Å². The second-order valence-electron chi connectivity index (χ2n) is 5.12. The molecule has 0 fully saturated rings. The van der Waals surface area contributed by atoms with E-state index in [0.29, 0.717) is 0 Å². The molecule has 0 bridgehead atoms. The predicted octanol–water partition coefficient (Wildman–Crippen LogP) is 4.61. The first-order valence-corrected chi connectivity index (χ1v) is 7.67. The van der Waals surface area contributed by atoms with Crippen molar-refractivity contribution < 1.29 is 4.79 Å². The van der Waals surface area contributed by atoms with Crippen LogP contribution in [0.15, 0.2) is 60.0 Å². The summed E-state index contributed by atoms with van der Waals surface area (Å²) in [5, 5.41) is 0. The zero-order chi connectivity index (χ0) is 14.1. The third-order valence-electron chi connectivity index (χ3n) is 3.68. The number of aryl methyl sites for hydroxylation is 1. The Labute approximate surface area is 123 Å². The van der Waals surface area contributed by atoms with Crippen LogP contribution in [0.4, 0.5) is 0 Å². The molecule has 1 heterocycles. The Morgan fingerprint density at radius 3 is 2.70 bits per heavy atom. The van der Waals surface area contributed by atoms with Gasteiger partial charge in [-0.3, -0.25) is 4.79 Å². The summed E-state index contributed by atoms with van der Waals surface area (Å²) < 4.78 is 0. The highest BCUT2D eigenvalue weighted by atomic mass is 32.2. The van der Waals surface area contributed by atoms with Gasteiger partial charge >= 0.3 is 0 Å². The first kappa shape index (κ1) is 13.2. The minimum Gasteiger partial charge on any atom is -0.293 e. The van der Waals surface area contributed by atoms with Crippen LogP contribution in [0.1, 0.15) is 21.5 Å². The van der Waals surface area contributed by atoms with Crippen molar-refractivity contribution in [3.63, 3.8) is 0 Å². The zero-order valence-corrected chi connectivity index (χ0v) is 12.2. The summed E-state index contributed by atoms with van der Waals surface area (Å²) in [7, 11) is 0. The second kappa shape index (κ2) is 5.29. The summed E-state index contributed by atoms with van der Waals surface area (Å²) in [6.07, 6.45) is 0. The van der Waals surface area contributed by atoms with Crippen LogP contribution in [0.25, 0.3) is 5.57 Å². The highest BCUT2D eigenvalue weighted by Crippen LogP contribution is 2.41. The van der Waals surface area contributed by atoms with Crippen molar-refractivity contribution in [3.05, 3.63) is 71.8 Å². The number of rotatable bonds is 2. The summed E-state index contributed by atoms with van der Waals surface area (Å²) in [6.45, 7) is 6.27. The number of hydrogen-bond acceptors (Lipinski definition) is 2. The largest absolute Gasteiger partial charge is 0.293 e. The van der Waals surface area contributed by atoms with Crippen molar-refractivity contribution in [1.82, 2.24) is 0 Å². The number of fused-ring (bicyclic) bond motifs is 1. The maximum absolute atomic E-state index is 12.6. The van der Waals surface area contributed by atoms with E-state index in [1.165, 1.54) is 10.5 Å². The van der Waals surface area contributed by atoms with Crippen molar-refractivity contribution >= 4 is 23.1 Å². The molecule has 0 saturated heterocycles. The second-order valence-corrected chi connectivity index (χ2v) is 6.18. The Bertz CT molecular complexity index is 673. The van der Waals surface area contributed by atoms with E-state index in [1.807, 2.05) is 30.3 Å². The highest BCUT2D eigenvalue weighted by molar-refractivity contribution is 7.99. The Balaban J connectivity index is 1.93. The van der Waals surface area contributed by atoms with Gasteiger partial charge in [0.2, 0.25) is 0 Å². The van der Waals surface area contributed by atoms with Crippen LogP contribution in [-0.4, -0.2) is 11.5 Å². The molecular formula is C18H16OS. The lowest BCUT2D eigenvalue weighted by Crippen LogP contribution is -2.21. The van der Waals surface area contributed by atoms with Crippen LogP contribution < -0.4 is 0 Å². The Morgan fingerprint density at radius 2 is 1.95 bits per heavy atom. The summed E-state index contributed by atoms with van der Waals surface area (Å²) in [5.74, 6) is 0.843. The van der Waals surface area contributed by atoms with Gasteiger partial charge in [-0.15, -0.1) is 11.8 Å². The van der Waals surface area contributed by atoms with Gasteiger partial charge in [0.05, 0.1) is 5.92 Å². The standard InChI is InChI=1S/C18H16OS/c1-12-8-9-15-13(2)16(11-20-17(15)10-12)18(19)14-6-4-3-5-7-14/h3-10,16H,2,11H2,1H3. The fraction of sp³-hybridized carbons (Fsp3) is 0.167. The number of allylic oxidation sites excluding steroid dienone is 1. The number of benzene rings is 2. The molecule has 100 valence electrons. The monoisotopic (exact) mass is 280 g/mol. The molecule has 0 aliphatic carbocycles. The van der Waals surface area contributed by atoms with Gasteiger partial charge in [-0.2, -0.15) is 0 Å². The van der Waals surface area contributed by atoms with E-state index in [0.717, 1.165) is 22.5 Å². The molecule has 1 atom stereocenters. The molecule has 0 amide bonds. The smallest absolute Gasteiger partial charge is 0.171 e. The lowest BCUT2D eigenvalue weighted by atomic mass is 9.88. The van der Waals surface area contributed by atoms with E-state index in [-0.39, 0.29) is 11.7 Å². The Hall–Kier alpha value is -1.80. The summed E-state index contributed by atoms with van der Waals surface area (Å²) in [5.41, 5.74) is 4.10. The average molecular weight is 280 g/mol. The number of ketones is 1.